The highest BCUT2D eigenvalue weighted by atomic mass is 15.3. The van der Waals surface area contributed by atoms with Crippen molar-refractivity contribution in [1.82, 2.24) is 15.1 Å². The van der Waals surface area contributed by atoms with E-state index in [1.807, 2.05) is 0 Å². The Kier molecular flexibility index (Phi) is 5.36. The van der Waals surface area contributed by atoms with Crippen molar-refractivity contribution < 1.29 is 0 Å². The van der Waals surface area contributed by atoms with Gasteiger partial charge < -0.3 is 5.32 Å². The van der Waals surface area contributed by atoms with Crippen LogP contribution < -0.4 is 5.32 Å². The molecular weight excluding hydrogens is 246 g/mol. The van der Waals surface area contributed by atoms with Gasteiger partial charge in [-0.2, -0.15) is 0 Å². The summed E-state index contributed by atoms with van der Waals surface area (Å²) >= 11 is 0. The molecule has 3 aliphatic rings. The molecule has 0 spiro atoms. The van der Waals surface area contributed by atoms with Gasteiger partial charge in [0.1, 0.15) is 0 Å². The fourth-order valence-corrected chi connectivity index (χ4v) is 4.70. The topological polar surface area (TPSA) is 18.5 Å². The zero-order valence-electron chi connectivity index (χ0n) is 13.3. The van der Waals surface area contributed by atoms with E-state index in [-0.39, 0.29) is 0 Å². The summed E-state index contributed by atoms with van der Waals surface area (Å²) in [5.41, 5.74) is 0. The summed E-state index contributed by atoms with van der Waals surface area (Å²) in [6.45, 7) is 8.80. The first kappa shape index (κ1) is 14.8. The summed E-state index contributed by atoms with van der Waals surface area (Å²) in [6, 6.07) is 2.42. The number of hydrogen-bond acceptors (Lipinski definition) is 3. The van der Waals surface area contributed by atoms with E-state index < -0.39 is 0 Å². The maximum Gasteiger partial charge on any atom is 0.0250 e. The zero-order valence-corrected chi connectivity index (χ0v) is 13.3. The summed E-state index contributed by atoms with van der Waals surface area (Å²) in [7, 11) is 0. The maximum absolute atomic E-state index is 3.78. The van der Waals surface area contributed by atoms with E-state index in [0.717, 1.165) is 24.7 Å². The van der Waals surface area contributed by atoms with E-state index in [1.54, 1.807) is 0 Å². The SMILES string of the molecule is CCNC1CCCCCC1N1CCC(N2CCCC2)C1. The molecule has 116 valence electrons. The molecule has 2 saturated heterocycles. The van der Waals surface area contributed by atoms with E-state index in [1.165, 1.54) is 77.5 Å². The van der Waals surface area contributed by atoms with Crippen molar-refractivity contribution in [2.45, 2.75) is 76.4 Å². The molecule has 0 aromatic rings. The molecule has 0 amide bonds. The monoisotopic (exact) mass is 279 g/mol. The van der Waals surface area contributed by atoms with Crippen molar-refractivity contribution in [3.8, 4) is 0 Å². The maximum atomic E-state index is 3.78. The fraction of sp³-hybridized carbons (Fsp3) is 1.00. The standard InChI is InChI=1S/C17H33N3/c1-2-18-16-8-4-3-5-9-17(16)20-13-10-15(14-20)19-11-6-7-12-19/h15-18H,2-14H2,1H3. The summed E-state index contributed by atoms with van der Waals surface area (Å²) in [5, 5.41) is 3.78. The number of nitrogens with one attached hydrogen (secondary N) is 1. The van der Waals surface area contributed by atoms with Gasteiger partial charge in [0, 0.05) is 31.2 Å². The third-order valence-corrected chi connectivity index (χ3v) is 5.77. The Bertz CT molecular complexity index is 288. The molecule has 3 heteroatoms. The van der Waals surface area contributed by atoms with Crippen LogP contribution in [0.3, 0.4) is 0 Å². The zero-order chi connectivity index (χ0) is 13.8. The van der Waals surface area contributed by atoms with Gasteiger partial charge in [0.15, 0.2) is 0 Å². The van der Waals surface area contributed by atoms with Crippen LogP contribution in [-0.2, 0) is 0 Å². The smallest absolute Gasteiger partial charge is 0.0250 e. The van der Waals surface area contributed by atoms with Crippen LogP contribution in [-0.4, -0.2) is 60.6 Å². The molecule has 3 unspecified atom stereocenters. The lowest BCUT2D eigenvalue weighted by Gasteiger charge is -2.34. The molecule has 0 bridgehead atoms. The molecule has 0 aromatic carbocycles. The average Bonchev–Trinajstić information content (AvgIpc) is 3.09. The Balaban J connectivity index is 1.58. The van der Waals surface area contributed by atoms with E-state index in [4.69, 9.17) is 0 Å². The molecular formula is C17H33N3. The third-order valence-electron chi connectivity index (χ3n) is 5.77. The first-order chi connectivity index (χ1) is 9.88. The lowest BCUT2D eigenvalue weighted by molar-refractivity contribution is 0.161. The molecule has 2 aliphatic heterocycles. The highest BCUT2D eigenvalue weighted by Crippen LogP contribution is 2.28. The summed E-state index contributed by atoms with van der Waals surface area (Å²) < 4.78 is 0. The highest BCUT2D eigenvalue weighted by molar-refractivity contribution is 4.93. The number of nitrogens with zero attached hydrogens (tertiary/aromatic N) is 2. The van der Waals surface area contributed by atoms with Crippen molar-refractivity contribution in [2.75, 3.05) is 32.7 Å². The van der Waals surface area contributed by atoms with Gasteiger partial charge in [-0.25, -0.2) is 0 Å². The van der Waals surface area contributed by atoms with Crippen LogP contribution >= 0.6 is 0 Å². The number of likely N-dealkylation sites (N-methyl/N-ethyl adjacent to an activating group) is 1. The third kappa shape index (κ3) is 3.37. The van der Waals surface area contributed by atoms with Crippen molar-refractivity contribution in [3.05, 3.63) is 0 Å². The average molecular weight is 279 g/mol. The highest BCUT2D eigenvalue weighted by Gasteiger charge is 2.35. The molecule has 3 fully saturated rings. The van der Waals surface area contributed by atoms with Crippen molar-refractivity contribution in [2.24, 2.45) is 0 Å². The Morgan fingerprint density at radius 2 is 1.65 bits per heavy atom. The van der Waals surface area contributed by atoms with Gasteiger partial charge in [0.2, 0.25) is 0 Å². The Morgan fingerprint density at radius 1 is 0.850 bits per heavy atom. The number of rotatable bonds is 4. The Morgan fingerprint density at radius 3 is 2.45 bits per heavy atom. The molecule has 1 N–H and O–H groups in total. The van der Waals surface area contributed by atoms with Gasteiger partial charge in [0.25, 0.3) is 0 Å². The van der Waals surface area contributed by atoms with E-state index in [0.29, 0.717) is 0 Å². The van der Waals surface area contributed by atoms with E-state index in [2.05, 4.69) is 22.0 Å². The first-order valence-electron chi connectivity index (χ1n) is 9.10. The fourth-order valence-electron chi connectivity index (χ4n) is 4.70. The predicted molar refractivity (Wildman–Crippen MR) is 85.1 cm³/mol. The lowest BCUT2D eigenvalue weighted by atomic mass is 10.0. The van der Waals surface area contributed by atoms with Gasteiger partial charge in [-0.3, -0.25) is 9.80 Å². The molecule has 0 aromatic heterocycles. The van der Waals surface area contributed by atoms with Crippen molar-refractivity contribution >= 4 is 0 Å². The second-order valence-corrected chi connectivity index (χ2v) is 7.05. The number of likely N-dealkylation sites (tertiary alicyclic amines) is 2. The van der Waals surface area contributed by atoms with Crippen molar-refractivity contribution in [1.29, 1.82) is 0 Å². The van der Waals surface area contributed by atoms with Crippen LogP contribution in [0, 0.1) is 0 Å². The molecule has 2 heterocycles. The van der Waals surface area contributed by atoms with Crippen LogP contribution in [0.5, 0.6) is 0 Å². The molecule has 1 aliphatic carbocycles. The van der Waals surface area contributed by atoms with Gasteiger partial charge in [-0.15, -0.1) is 0 Å². The molecule has 0 radical (unpaired) electrons. The largest absolute Gasteiger partial charge is 0.313 e. The summed E-state index contributed by atoms with van der Waals surface area (Å²) in [4.78, 5) is 5.60. The molecule has 1 saturated carbocycles. The second kappa shape index (κ2) is 7.24. The molecule has 3 nitrogen and oxygen atoms in total. The van der Waals surface area contributed by atoms with Gasteiger partial charge in [0.05, 0.1) is 0 Å². The summed E-state index contributed by atoms with van der Waals surface area (Å²) in [6.07, 6.45) is 11.4. The minimum Gasteiger partial charge on any atom is -0.313 e. The summed E-state index contributed by atoms with van der Waals surface area (Å²) in [5.74, 6) is 0. The molecule has 3 rings (SSSR count). The first-order valence-corrected chi connectivity index (χ1v) is 9.10. The van der Waals surface area contributed by atoms with E-state index in [9.17, 15) is 0 Å². The second-order valence-electron chi connectivity index (χ2n) is 7.05. The molecule has 20 heavy (non-hydrogen) atoms. The Hall–Kier alpha value is -0.120. The lowest BCUT2D eigenvalue weighted by Crippen LogP contribution is -2.49. The van der Waals surface area contributed by atoms with Crippen LogP contribution in [0.4, 0.5) is 0 Å². The Labute approximate surface area is 125 Å². The minimum absolute atomic E-state index is 0.750. The van der Waals surface area contributed by atoms with Gasteiger partial charge in [-0.1, -0.05) is 26.2 Å². The predicted octanol–water partition coefficient (Wildman–Crippen LogP) is 2.47. The van der Waals surface area contributed by atoms with E-state index >= 15 is 0 Å². The van der Waals surface area contributed by atoms with Crippen LogP contribution in [0.2, 0.25) is 0 Å². The molecule has 3 atom stereocenters. The normalized spacial score (nSPS) is 37.4. The number of hydrogen-bond donors (Lipinski definition) is 1. The minimum atomic E-state index is 0.750. The van der Waals surface area contributed by atoms with Crippen LogP contribution in [0.1, 0.15) is 58.3 Å². The van der Waals surface area contributed by atoms with Crippen LogP contribution in [0.25, 0.3) is 0 Å². The van der Waals surface area contributed by atoms with Crippen LogP contribution in [0.15, 0.2) is 0 Å². The van der Waals surface area contributed by atoms with Gasteiger partial charge in [-0.05, 0) is 51.7 Å². The quantitative estimate of drug-likeness (QED) is 0.798. The van der Waals surface area contributed by atoms with Gasteiger partial charge >= 0.3 is 0 Å². The van der Waals surface area contributed by atoms with Crippen molar-refractivity contribution in [3.63, 3.8) is 0 Å².